The highest BCUT2D eigenvalue weighted by Gasteiger charge is 2.26. The zero-order chi connectivity index (χ0) is 23.8. The molecule has 2 aromatic rings. The first-order valence-electron chi connectivity index (χ1n) is 11.6. The summed E-state index contributed by atoms with van der Waals surface area (Å²) in [6.07, 6.45) is 2.00. The number of halogens is 1. The van der Waals surface area contributed by atoms with E-state index >= 15 is 0 Å². The Labute approximate surface area is 195 Å². The van der Waals surface area contributed by atoms with Crippen LogP contribution in [0.2, 0.25) is 0 Å². The van der Waals surface area contributed by atoms with Crippen molar-refractivity contribution in [2.75, 3.05) is 33.3 Å². The Hall–Kier alpha value is -2.93. The molecule has 0 spiro atoms. The van der Waals surface area contributed by atoms with Crippen molar-refractivity contribution < 1.29 is 18.7 Å². The first-order valence-corrected chi connectivity index (χ1v) is 11.6. The molecule has 2 aromatic carbocycles. The molecule has 1 fully saturated rings. The van der Waals surface area contributed by atoms with Gasteiger partial charge >= 0.3 is 0 Å². The second-order valence-corrected chi connectivity index (χ2v) is 8.58. The highest BCUT2D eigenvalue weighted by molar-refractivity contribution is 5.81. The third kappa shape index (κ3) is 7.02. The topological polar surface area (TPSA) is 61.9 Å². The lowest BCUT2D eigenvalue weighted by molar-refractivity contribution is -0.131. The summed E-state index contributed by atoms with van der Waals surface area (Å²) >= 11 is 0. The Morgan fingerprint density at radius 2 is 1.70 bits per heavy atom. The van der Waals surface area contributed by atoms with Crippen LogP contribution in [0.15, 0.2) is 48.5 Å². The Kier molecular flexibility index (Phi) is 8.83. The largest absolute Gasteiger partial charge is 0.497 e. The number of ether oxygens (including phenoxy) is 1. The van der Waals surface area contributed by atoms with Crippen LogP contribution in [0.5, 0.6) is 5.75 Å². The summed E-state index contributed by atoms with van der Waals surface area (Å²) in [5.74, 6) is 0.599. The van der Waals surface area contributed by atoms with Crippen LogP contribution in [0.3, 0.4) is 0 Å². The van der Waals surface area contributed by atoms with Gasteiger partial charge in [0.15, 0.2) is 0 Å². The van der Waals surface area contributed by atoms with E-state index in [2.05, 4.69) is 10.2 Å². The number of nitrogens with zero attached hydrogens (tertiary/aromatic N) is 2. The molecule has 0 radical (unpaired) electrons. The quantitative estimate of drug-likeness (QED) is 0.661. The molecule has 1 aliphatic heterocycles. The SMILES string of the molecule is COc1ccc(CCC(=O)N2CCCN(C(C)C(=O)NC(C)c3ccc(F)cc3)CC2)cc1. The second kappa shape index (κ2) is 11.8. The molecule has 2 atom stereocenters. The lowest BCUT2D eigenvalue weighted by Gasteiger charge is -2.28. The summed E-state index contributed by atoms with van der Waals surface area (Å²) in [5.41, 5.74) is 1.97. The lowest BCUT2D eigenvalue weighted by atomic mass is 10.1. The van der Waals surface area contributed by atoms with Gasteiger partial charge in [-0.1, -0.05) is 24.3 Å². The van der Waals surface area contributed by atoms with Crippen LogP contribution in [0.1, 0.15) is 43.9 Å². The highest BCUT2D eigenvalue weighted by atomic mass is 19.1. The fourth-order valence-corrected chi connectivity index (χ4v) is 4.11. The number of rotatable bonds is 8. The normalized spacial score (nSPS) is 16.5. The molecule has 1 heterocycles. The molecule has 0 aromatic heterocycles. The van der Waals surface area contributed by atoms with Crippen LogP contribution in [-0.4, -0.2) is 60.9 Å². The predicted molar refractivity (Wildman–Crippen MR) is 127 cm³/mol. The number of hydrogen-bond donors (Lipinski definition) is 1. The van der Waals surface area contributed by atoms with Crippen molar-refractivity contribution in [3.63, 3.8) is 0 Å². The van der Waals surface area contributed by atoms with Crippen LogP contribution in [0.4, 0.5) is 4.39 Å². The highest BCUT2D eigenvalue weighted by Crippen LogP contribution is 2.16. The molecule has 7 heteroatoms. The fourth-order valence-electron chi connectivity index (χ4n) is 4.11. The summed E-state index contributed by atoms with van der Waals surface area (Å²) < 4.78 is 18.3. The van der Waals surface area contributed by atoms with E-state index in [1.165, 1.54) is 12.1 Å². The van der Waals surface area contributed by atoms with Gasteiger partial charge in [0, 0.05) is 32.6 Å². The average Bonchev–Trinajstić information content (AvgIpc) is 3.09. The third-order valence-electron chi connectivity index (χ3n) is 6.33. The molecule has 0 saturated carbocycles. The molecule has 1 aliphatic rings. The minimum Gasteiger partial charge on any atom is -0.497 e. The van der Waals surface area contributed by atoms with Crippen LogP contribution in [0, 0.1) is 5.82 Å². The van der Waals surface area contributed by atoms with Crippen molar-refractivity contribution >= 4 is 11.8 Å². The van der Waals surface area contributed by atoms with E-state index in [-0.39, 0.29) is 29.7 Å². The van der Waals surface area contributed by atoms with Crippen molar-refractivity contribution in [2.24, 2.45) is 0 Å². The Bertz CT molecular complexity index is 917. The summed E-state index contributed by atoms with van der Waals surface area (Å²) in [5, 5.41) is 3.02. The van der Waals surface area contributed by atoms with Gasteiger partial charge in [-0.3, -0.25) is 14.5 Å². The molecule has 33 heavy (non-hydrogen) atoms. The lowest BCUT2D eigenvalue weighted by Crippen LogP contribution is -2.47. The van der Waals surface area contributed by atoms with E-state index in [1.807, 2.05) is 43.0 Å². The molecular weight excluding hydrogens is 421 g/mol. The molecule has 6 nitrogen and oxygen atoms in total. The molecule has 1 N–H and O–H groups in total. The maximum Gasteiger partial charge on any atom is 0.237 e. The molecule has 0 aliphatic carbocycles. The number of methoxy groups -OCH3 is 1. The summed E-state index contributed by atoms with van der Waals surface area (Å²) in [4.78, 5) is 29.6. The fraction of sp³-hybridized carbons (Fsp3) is 0.462. The number of carbonyl (C=O) groups excluding carboxylic acids is 2. The van der Waals surface area contributed by atoms with Gasteiger partial charge in [-0.15, -0.1) is 0 Å². The van der Waals surface area contributed by atoms with E-state index in [4.69, 9.17) is 4.74 Å². The van der Waals surface area contributed by atoms with Crippen LogP contribution in [0.25, 0.3) is 0 Å². The number of hydrogen-bond acceptors (Lipinski definition) is 4. The second-order valence-electron chi connectivity index (χ2n) is 8.58. The Balaban J connectivity index is 1.47. The summed E-state index contributed by atoms with van der Waals surface area (Å²) in [6.45, 7) is 6.54. The average molecular weight is 456 g/mol. The molecule has 3 rings (SSSR count). The van der Waals surface area contributed by atoms with Crippen LogP contribution in [-0.2, 0) is 16.0 Å². The monoisotopic (exact) mass is 455 g/mol. The Morgan fingerprint density at radius 1 is 1.00 bits per heavy atom. The maximum absolute atomic E-state index is 13.1. The van der Waals surface area contributed by atoms with Crippen molar-refractivity contribution in [2.45, 2.75) is 45.2 Å². The van der Waals surface area contributed by atoms with Crippen molar-refractivity contribution in [3.8, 4) is 5.75 Å². The van der Waals surface area contributed by atoms with Gasteiger partial charge in [0.25, 0.3) is 0 Å². The molecule has 2 amide bonds. The zero-order valence-electron chi connectivity index (χ0n) is 19.7. The van der Waals surface area contributed by atoms with Crippen LogP contribution >= 0.6 is 0 Å². The number of aryl methyl sites for hydroxylation is 1. The van der Waals surface area contributed by atoms with Gasteiger partial charge in [-0.05, 0) is 62.1 Å². The predicted octanol–water partition coefficient (Wildman–Crippen LogP) is 3.57. The van der Waals surface area contributed by atoms with Gasteiger partial charge in [0.1, 0.15) is 11.6 Å². The Morgan fingerprint density at radius 3 is 2.36 bits per heavy atom. The number of benzene rings is 2. The summed E-state index contributed by atoms with van der Waals surface area (Å²) in [7, 11) is 1.64. The van der Waals surface area contributed by atoms with Crippen molar-refractivity contribution in [3.05, 3.63) is 65.5 Å². The van der Waals surface area contributed by atoms with Gasteiger partial charge in [-0.2, -0.15) is 0 Å². The maximum atomic E-state index is 13.1. The van der Waals surface area contributed by atoms with Crippen molar-refractivity contribution in [1.29, 1.82) is 0 Å². The van der Waals surface area contributed by atoms with Gasteiger partial charge in [0.05, 0.1) is 19.2 Å². The molecular formula is C26H34FN3O3. The smallest absolute Gasteiger partial charge is 0.237 e. The van der Waals surface area contributed by atoms with Gasteiger partial charge in [0.2, 0.25) is 11.8 Å². The molecule has 0 bridgehead atoms. The van der Waals surface area contributed by atoms with E-state index in [9.17, 15) is 14.0 Å². The molecule has 2 unspecified atom stereocenters. The van der Waals surface area contributed by atoms with E-state index in [0.717, 1.165) is 29.8 Å². The first-order chi connectivity index (χ1) is 15.9. The molecule has 178 valence electrons. The van der Waals surface area contributed by atoms with Crippen molar-refractivity contribution in [1.82, 2.24) is 15.1 Å². The van der Waals surface area contributed by atoms with E-state index in [1.54, 1.807) is 19.2 Å². The van der Waals surface area contributed by atoms with E-state index < -0.39 is 0 Å². The van der Waals surface area contributed by atoms with Crippen LogP contribution < -0.4 is 10.1 Å². The number of nitrogens with one attached hydrogen (secondary N) is 1. The summed E-state index contributed by atoms with van der Waals surface area (Å²) in [6, 6.07) is 13.5. The number of amides is 2. The standard InChI is InChI=1S/C26H34FN3O3/c1-19(22-8-10-23(27)11-9-22)28-26(32)20(2)29-15-4-16-30(18-17-29)25(31)14-7-21-5-12-24(33-3)13-6-21/h5-6,8-13,19-20H,4,7,14-18H2,1-3H3,(H,28,32). The number of carbonyl (C=O) groups is 2. The molecule has 1 saturated heterocycles. The minimum absolute atomic E-state index is 0.0638. The minimum atomic E-state index is -0.303. The third-order valence-corrected chi connectivity index (χ3v) is 6.33. The first kappa shape index (κ1) is 24.7. The van der Waals surface area contributed by atoms with Gasteiger partial charge in [-0.25, -0.2) is 4.39 Å². The zero-order valence-corrected chi connectivity index (χ0v) is 19.7. The van der Waals surface area contributed by atoms with Gasteiger partial charge < -0.3 is 15.0 Å². The van der Waals surface area contributed by atoms with E-state index in [0.29, 0.717) is 32.5 Å².